The second-order valence-electron chi connectivity index (χ2n) is 6.20. The summed E-state index contributed by atoms with van der Waals surface area (Å²) in [6.07, 6.45) is -2.18. The van der Waals surface area contributed by atoms with E-state index >= 15 is 0 Å². The maximum absolute atomic E-state index is 14.4. The van der Waals surface area contributed by atoms with Gasteiger partial charge < -0.3 is 4.74 Å². The third-order valence-electron chi connectivity index (χ3n) is 4.45. The quantitative estimate of drug-likeness (QED) is 0.736. The number of halogens is 4. The van der Waals surface area contributed by atoms with Crippen molar-refractivity contribution in [2.75, 3.05) is 18.6 Å². The second-order valence-corrected chi connectivity index (χ2v) is 6.20. The van der Waals surface area contributed by atoms with Crippen LogP contribution in [0.4, 0.5) is 23.2 Å². The summed E-state index contributed by atoms with van der Waals surface area (Å²) in [6.45, 7) is -1.49. The van der Waals surface area contributed by atoms with Crippen molar-refractivity contribution in [3.63, 3.8) is 0 Å². The van der Waals surface area contributed by atoms with Gasteiger partial charge in [0.2, 0.25) is 0 Å². The minimum atomic E-state index is -4.62. The molecule has 10 heteroatoms. The molecule has 1 atom stereocenters. The van der Waals surface area contributed by atoms with E-state index in [2.05, 4.69) is 15.2 Å². The standard InChI is InChI=1S/C18H12F4N4O2/c1-28-9-2-3-10(13(19)4-9)14-5-15-11(6-23-14)16-12(7-24-25-16)17(27)26(15)8-18(20,21)22/h2-7,16H,8H2,1H3. The van der Waals surface area contributed by atoms with Gasteiger partial charge in [-0.2, -0.15) is 23.4 Å². The number of ether oxygens (including phenoxy) is 1. The summed E-state index contributed by atoms with van der Waals surface area (Å²) >= 11 is 0. The Kier molecular flexibility index (Phi) is 4.13. The van der Waals surface area contributed by atoms with Gasteiger partial charge in [0.25, 0.3) is 5.91 Å². The van der Waals surface area contributed by atoms with E-state index in [1.54, 1.807) is 0 Å². The Bertz CT molecular complexity index is 1030. The molecule has 28 heavy (non-hydrogen) atoms. The third-order valence-corrected chi connectivity index (χ3v) is 4.45. The molecule has 2 aliphatic heterocycles. The number of hydrogen-bond donors (Lipinski definition) is 0. The number of azo groups is 1. The zero-order valence-corrected chi connectivity index (χ0v) is 14.4. The number of alkyl halides is 3. The normalized spacial score (nSPS) is 18.0. The van der Waals surface area contributed by atoms with Crippen molar-refractivity contribution < 1.29 is 27.1 Å². The molecule has 2 aliphatic rings. The van der Waals surface area contributed by atoms with E-state index in [0.717, 1.165) is 12.3 Å². The van der Waals surface area contributed by atoms with E-state index in [0.29, 0.717) is 10.5 Å². The van der Waals surface area contributed by atoms with E-state index in [4.69, 9.17) is 4.74 Å². The van der Waals surface area contributed by atoms with Crippen molar-refractivity contribution in [3.8, 4) is 17.0 Å². The van der Waals surface area contributed by atoms with Crippen LogP contribution in [0.1, 0.15) is 11.6 Å². The maximum atomic E-state index is 14.4. The van der Waals surface area contributed by atoms with Crippen LogP contribution in [0.5, 0.6) is 5.75 Å². The molecule has 0 N–H and O–H groups in total. The van der Waals surface area contributed by atoms with Crippen LogP contribution < -0.4 is 9.64 Å². The van der Waals surface area contributed by atoms with Crippen molar-refractivity contribution in [2.24, 2.45) is 10.2 Å². The predicted octanol–water partition coefficient (Wildman–Crippen LogP) is 4.20. The van der Waals surface area contributed by atoms with Crippen LogP contribution in [0.25, 0.3) is 11.3 Å². The van der Waals surface area contributed by atoms with Crippen molar-refractivity contribution in [1.29, 1.82) is 0 Å². The topological polar surface area (TPSA) is 67.2 Å². The van der Waals surface area contributed by atoms with Crippen LogP contribution in [0.2, 0.25) is 0 Å². The average Bonchev–Trinajstić information content (AvgIpc) is 3.14. The smallest absolute Gasteiger partial charge is 0.406 e. The molecule has 0 saturated carbocycles. The van der Waals surface area contributed by atoms with E-state index in [1.807, 2.05) is 0 Å². The number of carbonyl (C=O) groups is 1. The highest BCUT2D eigenvalue weighted by molar-refractivity contribution is 6.10. The molecule has 1 aromatic carbocycles. The molecule has 1 aromatic heterocycles. The van der Waals surface area contributed by atoms with Gasteiger partial charge in [-0.3, -0.25) is 14.7 Å². The number of aromatic nitrogens is 1. The van der Waals surface area contributed by atoms with Gasteiger partial charge in [0.15, 0.2) is 0 Å². The number of benzene rings is 1. The summed E-state index contributed by atoms with van der Waals surface area (Å²) < 4.78 is 58.6. The summed E-state index contributed by atoms with van der Waals surface area (Å²) in [5.41, 5.74) is 0.472. The van der Waals surface area contributed by atoms with Gasteiger partial charge in [0, 0.05) is 23.4 Å². The summed E-state index contributed by atoms with van der Waals surface area (Å²) in [7, 11) is 1.38. The lowest BCUT2D eigenvalue weighted by Crippen LogP contribution is -2.43. The van der Waals surface area contributed by atoms with Gasteiger partial charge in [0.1, 0.15) is 24.2 Å². The van der Waals surface area contributed by atoms with Crippen LogP contribution in [0.3, 0.4) is 0 Å². The number of pyridine rings is 1. The lowest BCUT2D eigenvalue weighted by Gasteiger charge is -2.32. The van der Waals surface area contributed by atoms with Crippen molar-refractivity contribution in [2.45, 2.75) is 12.2 Å². The molecule has 144 valence electrons. The molecule has 4 rings (SSSR count). The summed E-state index contributed by atoms with van der Waals surface area (Å²) in [4.78, 5) is 17.3. The molecule has 0 saturated heterocycles. The van der Waals surface area contributed by atoms with Crippen LogP contribution in [-0.4, -0.2) is 30.7 Å². The third kappa shape index (κ3) is 3.00. The molecule has 2 aromatic rings. The number of methoxy groups -OCH3 is 1. The fourth-order valence-corrected chi connectivity index (χ4v) is 3.18. The number of rotatable bonds is 3. The SMILES string of the molecule is COc1ccc(-c2cc3c(cn2)C2N=NC=C2C(=O)N3CC(F)(F)F)c(F)c1. The molecule has 3 heterocycles. The Labute approximate surface area is 156 Å². The Morgan fingerprint density at radius 1 is 1.25 bits per heavy atom. The van der Waals surface area contributed by atoms with Crippen molar-refractivity contribution >= 4 is 11.6 Å². The molecular formula is C18H12F4N4O2. The molecule has 1 unspecified atom stereocenters. The molecule has 6 nitrogen and oxygen atoms in total. The van der Waals surface area contributed by atoms with Crippen molar-refractivity contribution in [1.82, 2.24) is 4.98 Å². The number of anilines is 1. The molecule has 1 amide bonds. The fraction of sp³-hybridized carbons (Fsp3) is 0.222. The summed E-state index contributed by atoms with van der Waals surface area (Å²) in [5.74, 6) is -1.21. The summed E-state index contributed by atoms with van der Waals surface area (Å²) in [5, 5.41) is 7.55. The Hall–Kier alpha value is -3.30. The first-order valence-electron chi connectivity index (χ1n) is 8.11. The van der Waals surface area contributed by atoms with Gasteiger partial charge in [0.05, 0.1) is 30.3 Å². The number of carbonyl (C=O) groups excluding carboxylic acids is 1. The van der Waals surface area contributed by atoms with E-state index < -0.39 is 30.5 Å². The zero-order valence-electron chi connectivity index (χ0n) is 14.4. The van der Waals surface area contributed by atoms with Gasteiger partial charge in [-0.1, -0.05) is 0 Å². The number of hydrogen-bond acceptors (Lipinski definition) is 5. The lowest BCUT2D eigenvalue weighted by molar-refractivity contribution is -0.130. The highest BCUT2D eigenvalue weighted by atomic mass is 19.4. The van der Waals surface area contributed by atoms with Crippen LogP contribution >= 0.6 is 0 Å². The first-order valence-corrected chi connectivity index (χ1v) is 8.11. The van der Waals surface area contributed by atoms with Gasteiger partial charge in [-0.05, 0) is 18.2 Å². The Balaban J connectivity index is 1.84. The molecule has 0 aliphatic carbocycles. The predicted molar refractivity (Wildman–Crippen MR) is 90.3 cm³/mol. The Morgan fingerprint density at radius 3 is 2.71 bits per heavy atom. The van der Waals surface area contributed by atoms with Crippen LogP contribution in [0, 0.1) is 5.82 Å². The van der Waals surface area contributed by atoms with Gasteiger partial charge >= 0.3 is 6.18 Å². The molecule has 0 fully saturated rings. The number of amides is 1. The Morgan fingerprint density at radius 2 is 2.04 bits per heavy atom. The molecule has 0 spiro atoms. The molecule has 0 radical (unpaired) electrons. The van der Waals surface area contributed by atoms with Crippen LogP contribution in [-0.2, 0) is 4.79 Å². The number of nitrogens with zero attached hydrogens (tertiary/aromatic N) is 4. The van der Waals surface area contributed by atoms with Gasteiger partial charge in [-0.25, -0.2) is 4.39 Å². The fourth-order valence-electron chi connectivity index (χ4n) is 3.18. The van der Waals surface area contributed by atoms with Gasteiger partial charge in [-0.15, -0.1) is 0 Å². The largest absolute Gasteiger partial charge is 0.497 e. The zero-order chi connectivity index (χ0) is 20.1. The first kappa shape index (κ1) is 18.1. The van der Waals surface area contributed by atoms with E-state index in [9.17, 15) is 22.4 Å². The number of fused-ring (bicyclic) bond motifs is 3. The highest BCUT2D eigenvalue weighted by Crippen LogP contribution is 2.44. The minimum Gasteiger partial charge on any atom is -0.497 e. The minimum absolute atomic E-state index is 0.0226. The lowest BCUT2D eigenvalue weighted by atomic mass is 9.93. The van der Waals surface area contributed by atoms with E-state index in [1.165, 1.54) is 31.5 Å². The van der Waals surface area contributed by atoms with E-state index in [-0.39, 0.29) is 28.3 Å². The average molecular weight is 392 g/mol. The first-order chi connectivity index (χ1) is 13.3. The maximum Gasteiger partial charge on any atom is 0.406 e. The second kappa shape index (κ2) is 6.39. The van der Waals surface area contributed by atoms with Crippen LogP contribution in [0.15, 0.2) is 52.5 Å². The summed E-state index contributed by atoms with van der Waals surface area (Å²) in [6, 6.07) is 4.50. The highest BCUT2D eigenvalue weighted by Gasteiger charge is 2.43. The monoisotopic (exact) mass is 392 g/mol. The molecule has 0 bridgehead atoms. The molecular weight excluding hydrogens is 380 g/mol. The van der Waals surface area contributed by atoms with Crippen molar-refractivity contribution in [3.05, 3.63) is 53.6 Å².